The third-order valence-electron chi connectivity index (χ3n) is 2.85. The Morgan fingerprint density at radius 1 is 1.29 bits per heavy atom. The molecular weight excluding hydrogens is 234 g/mol. The molecule has 0 aromatic carbocycles. The lowest BCUT2D eigenvalue weighted by Gasteiger charge is -2.30. The van der Waals surface area contributed by atoms with Crippen molar-refractivity contribution >= 4 is 23.1 Å². The van der Waals surface area contributed by atoms with E-state index in [1.807, 2.05) is 25.9 Å². The second-order valence-electron chi connectivity index (χ2n) is 5.03. The molecule has 0 rings (SSSR count). The Morgan fingerprint density at radius 2 is 1.82 bits per heavy atom. The predicted molar refractivity (Wildman–Crippen MR) is 76.0 cm³/mol. The number of carbonyl (C=O) groups is 1. The van der Waals surface area contributed by atoms with Gasteiger partial charge in [-0.25, -0.2) is 0 Å². The van der Waals surface area contributed by atoms with Gasteiger partial charge in [-0.1, -0.05) is 12.2 Å². The largest absolute Gasteiger partial charge is 0.392 e. The fourth-order valence-electron chi connectivity index (χ4n) is 1.48. The highest BCUT2D eigenvalue weighted by molar-refractivity contribution is 7.80. The summed E-state index contributed by atoms with van der Waals surface area (Å²) in [6, 6.07) is 0. The Balaban J connectivity index is 4.46. The van der Waals surface area contributed by atoms with Gasteiger partial charge in [0.1, 0.15) is 0 Å². The van der Waals surface area contributed by atoms with Crippen LogP contribution in [0.1, 0.15) is 27.2 Å². The Bertz CT molecular complexity index is 277. The van der Waals surface area contributed by atoms with Crippen LogP contribution in [0.15, 0.2) is 0 Å². The van der Waals surface area contributed by atoms with Gasteiger partial charge in [0.2, 0.25) is 5.91 Å². The van der Waals surface area contributed by atoms with Crippen LogP contribution in [-0.4, -0.2) is 54.4 Å². The summed E-state index contributed by atoms with van der Waals surface area (Å²) in [5.41, 5.74) is 4.87. The van der Waals surface area contributed by atoms with Gasteiger partial charge in [0.25, 0.3) is 0 Å². The van der Waals surface area contributed by atoms with Crippen molar-refractivity contribution in [1.29, 1.82) is 0 Å². The Labute approximate surface area is 110 Å². The number of nitrogens with two attached hydrogens (primary N) is 1. The molecule has 0 aliphatic heterocycles. The van der Waals surface area contributed by atoms with Crippen LogP contribution in [0.5, 0.6) is 0 Å². The van der Waals surface area contributed by atoms with E-state index in [1.54, 1.807) is 13.8 Å². The molecule has 0 atom stereocenters. The van der Waals surface area contributed by atoms with E-state index in [4.69, 9.17) is 18.0 Å². The first kappa shape index (κ1) is 16.3. The zero-order chi connectivity index (χ0) is 13.6. The molecule has 0 heterocycles. The molecule has 0 saturated heterocycles. The molecule has 4 nitrogen and oxygen atoms in total. The first-order chi connectivity index (χ1) is 7.73. The second kappa shape index (κ2) is 6.91. The monoisotopic (exact) mass is 259 g/mol. The number of carbonyl (C=O) groups excluding carboxylic acids is 1. The van der Waals surface area contributed by atoms with Gasteiger partial charge in [-0.3, -0.25) is 4.79 Å². The summed E-state index contributed by atoms with van der Waals surface area (Å²) < 4.78 is 0. The van der Waals surface area contributed by atoms with Crippen LogP contribution in [0.25, 0.3) is 0 Å². The second-order valence-corrected chi connectivity index (χ2v) is 5.47. The molecule has 0 radical (unpaired) electrons. The van der Waals surface area contributed by atoms with Crippen molar-refractivity contribution in [2.24, 2.45) is 11.1 Å². The SMILES string of the molecule is CCN(CCCN(C)C)C(=O)C(C)(C)C(N)=S. The number of hydrogen-bond acceptors (Lipinski definition) is 3. The lowest BCUT2D eigenvalue weighted by Crippen LogP contribution is -2.47. The Hall–Kier alpha value is -0.680. The number of nitrogens with zero attached hydrogens (tertiary/aromatic N) is 2. The van der Waals surface area contributed by atoms with Gasteiger partial charge < -0.3 is 15.5 Å². The third kappa shape index (κ3) is 5.00. The van der Waals surface area contributed by atoms with E-state index in [9.17, 15) is 4.79 Å². The quantitative estimate of drug-likeness (QED) is 0.696. The zero-order valence-corrected chi connectivity index (χ0v) is 12.4. The highest BCUT2D eigenvalue weighted by atomic mass is 32.1. The number of thiocarbonyl (C=S) groups is 1. The molecule has 0 aromatic heterocycles. The van der Waals surface area contributed by atoms with Crippen LogP contribution in [0.4, 0.5) is 0 Å². The molecule has 5 heteroatoms. The molecule has 0 aromatic rings. The van der Waals surface area contributed by atoms with E-state index in [1.165, 1.54) is 0 Å². The van der Waals surface area contributed by atoms with Gasteiger partial charge in [0.05, 0.1) is 10.4 Å². The zero-order valence-electron chi connectivity index (χ0n) is 11.6. The molecule has 0 unspecified atom stereocenters. The minimum atomic E-state index is -0.747. The summed E-state index contributed by atoms with van der Waals surface area (Å²) in [5, 5.41) is 0. The smallest absolute Gasteiger partial charge is 0.235 e. The predicted octanol–water partition coefficient (Wildman–Crippen LogP) is 1.10. The first-order valence-corrected chi connectivity index (χ1v) is 6.38. The van der Waals surface area contributed by atoms with Crippen molar-refractivity contribution in [3.8, 4) is 0 Å². The van der Waals surface area contributed by atoms with Crippen molar-refractivity contribution in [3.63, 3.8) is 0 Å². The molecule has 17 heavy (non-hydrogen) atoms. The van der Waals surface area contributed by atoms with E-state index < -0.39 is 5.41 Å². The van der Waals surface area contributed by atoms with E-state index in [0.717, 1.165) is 19.5 Å². The van der Waals surface area contributed by atoms with Gasteiger partial charge in [0.15, 0.2) is 0 Å². The lowest BCUT2D eigenvalue weighted by molar-refractivity contribution is -0.136. The molecule has 2 N–H and O–H groups in total. The van der Waals surface area contributed by atoms with Crippen LogP contribution in [0.3, 0.4) is 0 Å². The molecular formula is C12H25N3OS. The highest BCUT2D eigenvalue weighted by Crippen LogP contribution is 2.19. The average molecular weight is 259 g/mol. The first-order valence-electron chi connectivity index (χ1n) is 5.97. The van der Waals surface area contributed by atoms with Crippen molar-refractivity contribution < 1.29 is 4.79 Å². The third-order valence-corrected chi connectivity index (χ3v) is 3.36. The minimum absolute atomic E-state index is 0.0197. The molecule has 100 valence electrons. The number of rotatable bonds is 7. The van der Waals surface area contributed by atoms with Crippen molar-refractivity contribution in [3.05, 3.63) is 0 Å². The normalized spacial score (nSPS) is 11.6. The van der Waals surface area contributed by atoms with Crippen molar-refractivity contribution in [2.75, 3.05) is 33.7 Å². The van der Waals surface area contributed by atoms with Crippen LogP contribution in [0, 0.1) is 5.41 Å². The van der Waals surface area contributed by atoms with Crippen molar-refractivity contribution in [2.45, 2.75) is 27.2 Å². The summed E-state index contributed by atoms with van der Waals surface area (Å²) in [7, 11) is 4.05. The van der Waals surface area contributed by atoms with Gasteiger partial charge in [-0.05, 0) is 47.8 Å². The fraction of sp³-hybridized carbons (Fsp3) is 0.833. The van der Waals surface area contributed by atoms with Gasteiger partial charge in [0, 0.05) is 13.1 Å². The van der Waals surface area contributed by atoms with E-state index >= 15 is 0 Å². The van der Waals surface area contributed by atoms with E-state index in [0.29, 0.717) is 6.54 Å². The average Bonchev–Trinajstić information content (AvgIpc) is 2.22. The van der Waals surface area contributed by atoms with Crippen LogP contribution < -0.4 is 5.73 Å². The molecule has 0 aliphatic rings. The molecule has 0 bridgehead atoms. The standard InChI is InChI=1S/C12H25N3OS/c1-6-15(9-7-8-14(4)5)11(16)12(2,3)10(13)17/h6-9H2,1-5H3,(H2,13,17). The maximum Gasteiger partial charge on any atom is 0.235 e. The van der Waals surface area contributed by atoms with Gasteiger partial charge in [-0.2, -0.15) is 0 Å². The summed E-state index contributed by atoms with van der Waals surface area (Å²) in [6.07, 6.45) is 0.958. The summed E-state index contributed by atoms with van der Waals surface area (Å²) in [5.74, 6) is 0.0197. The topological polar surface area (TPSA) is 49.6 Å². The number of hydrogen-bond donors (Lipinski definition) is 1. The molecule has 0 fully saturated rings. The Kier molecular flexibility index (Phi) is 6.64. The van der Waals surface area contributed by atoms with Crippen LogP contribution >= 0.6 is 12.2 Å². The highest BCUT2D eigenvalue weighted by Gasteiger charge is 2.33. The fourth-order valence-corrected chi connectivity index (χ4v) is 1.57. The maximum atomic E-state index is 12.3. The minimum Gasteiger partial charge on any atom is -0.392 e. The summed E-state index contributed by atoms with van der Waals surface area (Å²) in [6.45, 7) is 7.96. The lowest BCUT2D eigenvalue weighted by atomic mass is 9.91. The Morgan fingerprint density at radius 3 is 2.18 bits per heavy atom. The van der Waals surface area contributed by atoms with E-state index in [-0.39, 0.29) is 10.9 Å². The molecule has 0 saturated carbocycles. The maximum absolute atomic E-state index is 12.3. The van der Waals surface area contributed by atoms with Gasteiger partial charge in [-0.15, -0.1) is 0 Å². The van der Waals surface area contributed by atoms with Crippen LogP contribution in [-0.2, 0) is 4.79 Å². The number of amides is 1. The molecule has 1 amide bonds. The van der Waals surface area contributed by atoms with E-state index in [2.05, 4.69) is 4.90 Å². The van der Waals surface area contributed by atoms with Crippen molar-refractivity contribution in [1.82, 2.24) is 9.80 Å². The summed E-state index contributed by atoms with van der Waals surface area (Å²) >= 11 is 4.95. The van der Waals surface area contributed by atoms with Crippen LogP contribution in [0.2, 0.25) is 0 Å². The molecule has 0 spiro atoms. The summed E-state index contributed by atoms with van der Waals surface area (Å²) in [4.78, 5) is 16.4. The molecule has 0 aliphatic carbocycles. The van der Waals surface area contributed by atoms with Gasteiger partial charge >= 0.3 is 0 Å².